The number of phenolic OH excluding ortho intramolecular Hbond substituents is 1. The van der Waals surface area contributed by atoms with Crippen molar-refractivity contribution in [2.75, 3.05) is 6.61 Å². The zero-order valence-electron chi connectivity index (χ0n) is 29.4. The Hall–Kier alpha value is -3.82. The Morgan fingerprint density at radius 2 is 1.79 bits per heavy atom. The van der Waals surface area contributed by atoms with Gasteiger partial charge in [-0.3, -0.25) is 29.4 Å². The molecule has 0 heterocycles. The third kappa shape index (κ3) is 17.9. The third-order valence-electron chi connectivity index (χ3n) is 7.62. The first-order valence-corrected chi connectivity index (χ1v) is 17.0. The predicted molar refractivity (Wildman–Crippen MR) is 190 cm³/mol. The number of rotatable bonds is 20. The first-order valence-electron chi connectivity index (χ1n) is 16.2. The first kappa shape index (κ1) is 44.2. The second kappa shape index (κ2) is 23.5. The maximum Gasteiger partial charge on any atom is 0.309 e. The Bertz CT molecular complexity index is 1230. The molecule has 0 aliphatic carbocycles. The lowest BCUT2D eigenvalue weighted by atomic mass is 9.80. The minimum atomic E-state index is -0.986. The van der Waals surface area contributed by atoms with Crippen LogP contribution in [0.25, 0.3) is 0 Å². The maximum absolute atomic E-state index is 13.4. The Morgan fingerprint density at radius 3 is 2.29 bits per heavy atom. The summed E-state index contributed by atoms with van der Waals surface area (Å²) in [5.74, 6) is 1.02. The number of ether oxygens (including phenoxy) is 1. The minimum Gasteiger partial charge on any atom is -0.508 e. The fourth-order valence-corrected chi connectivity index (χ4v) is 5.42. The zero-order valence-corrected chi connectivity index (χ0v) is 30.3. The second-order valence-electron chi connectivity index (χ2n) is 12.7. The Labute approximate surface area is 290 Å². The fraction of sp³-hybridized carbons (Fsp3) is 0.583. The van der Waals surface area contributed by atoms with E-state index in [2.05, 4.69) is 11.7 Å². The molecule has 0 aromatic heterocycles. The third-order valence-corrected chi connectivity index (χ3v) is 8.43. The zero-order chi connectivity index (χ0) is 36.9. The number of nitrogens with zero attached hydrogens (tertiary/aromatic N) is 1. The first-order chi connectivity index (χ1) is 22.5. The SMILES string of the molecule is C#CCCCON(C(=O)C[C@@H](C)CC)C(CC(OC(C)=O)C(=N)S/C=C/C(Cc1ccc(O)cc1)CC(C)(C)C(=O)O)C(C)C.NC=O. The molecule has 2 amide bonds. The number of amides is 2. The summed E-state index contributed by atoms with van der Waals surface area (Å²) in [6.45, 7) is 12.8. The summed E-state index contributed by atoms with van der Waals surface area (Å²) in [7, 11) is 0. The van der Waals surface area contributed by atoms with Gasteiger partial charge < -0.3 is 20.7 Å². The number of primary amides is 1. The Kier molecular flexibility index (Phi) is 21.6. The van der Waals surface area contributed by atoms with Crippen molar-refractivity contribution in [2.45, 2.75) is 106 Å². The van der Waals surface area contributed by atoms with E-state index in [1.54, 1.807) is 43.5 Å². The van der Waals surface area contributed by atoms with Gasteiger partial charge in [0.15, 0.2) is 6.10 Å². The van der Waals surface area contributed by atoms with Gasteiger partial charge >= 0.3 is 11.9 Å². The predicted octanol–water partition coefficient (Wildman–Crippen LogP) is 6.33. The number of esters is 1. The van der Waals surface area contributed by atoms with Crippen molar-refractivity contribution < 1.29 is 39.0 Å². The molecular weight excluding hydrogens is 634 g/mol. The van der Waals surface area contributed by atoms with Gasteiger partial charge in [0.05, 0.1) is 18.1 Å². The Morgan fingerprint density at radius 1 is 1.19 bits per heavy atom. The molecular formula is C36H55N3O8S. The fourth-order valence-electron chi connectivity index (χ4n) is 4.67. The topological polar surface area (TPSA) is 180 Å². The van der Waals surface area contributed by atoms with Crippen LogP contribution in [0.4, 0.5) is 0 Å². The van der Waals surface area contributed by atoms with Crippen LogP contribution in [-0.2, 0) is 35.2 Å². The number of carboxylic acid groups (broad SMARTS) is 1. The quantitative estimate of drug-likeness (QED) is 0.0231. The van der Waals surface area contributed by atoms with Crippen molar-refractivity contribution in [3.05, 3.63) is 41.3 Å². The molecule has 0 saturated carbocycles. The van der Waals surface area contributed by atoms with Crippen LogP contribution in [-0.4, -0.2) is 63.3 Å². The highest BCUT2D eigenvalue weighted by atomic mass is 32.2. The van der Waals surface area contributed by atoms with Crippen LogP contribution < -0.4 is 5.73 Å². The summed E-state index contributed by atoms with van der Waals surface area (Å²) in [6, 6.07) is 6.30. The highest BCUT2D eigenvalue weighted by Crippen LogP contribution is 2.31. The molecule has 1 aromatic rings. The summed E-state index contributed by atoms with van der Waals surface area (Å²) >= 11 is 1.09. The minimum absolute atomic E-state index is 0.0714. The standard InChI is InChI=1S/C35H52N2O7S.CH3NO/c1-9-11-12-18-43-37(32(40)20-25(5)10-2)30(24(3)4)22-31(44-26(6)38)33(36)45-19-17-28(23-35(7,8)34(41)42)21-27-13-15-29(39)16-14-27;2-1-3/h1,13-17,19,24-25,28,30-31,36,39H,10-12,18,20-23H2,2-8H3,(H,41,42);1H,(H2,2,3)/b19-17+,36-33?;/t25-,28?,30?,31?;/m0./s1. The number of benzene rings is 1. The molecule has 0 bridgehead atoms. The van der Waals surface area contributed by atoms with E-state index in [0.717, 1.165) is 23.7 Å². The van der Waals surface area contributed by atoms with Crippen LogP contribution >= 0.6 is 11.8 Å². The van der Waals surface area contributed by atoms with Gasteiger partial charge in [0.1, 0.15) is 10.8 Å². The highest BCUT2D eigenvalue weighted by Gasteiger charge is 2.34. The number of carbonyl (C=O) groups is 4. The molecule has 0 aliphatic rings. The van der Waals surface area contributed by atoms with Crippen LogP contribution in [0.2, 0.25) is 0 Å². The number of aromatic hydroxyl groups is 1. The van der Waals surface area contributed by atoms with Crippen molar-refractivity contribution >= 4 is 41.1 Å². The van der Waals surface area contributed by atoms with Crippen LogP contribution in [0.5, 0.6) is 5.75 Å². The summed E-state index contributed by atoms with van der Waals surface area (Å²) in [5.41, 5.74) is 4.12. The number of carbonyl (C=O) groups excluding carboxylic acids is 3. The van der Waals surface area contributed by atoms with E-state index in [9.17, 15) is 24.6 Å². The van der Waals surface area contributed by atoms with Crippen LogP contribution in [0, 0.1) is 40.9 Å². The van der Waals surface area contributed by atoms with Crippen LogP contribution in [0.15, 0.2) is 35.7 Å². The molecule has 3 unspecified atom stereocenters. The number of aliphatic carboxylic acids is 1. The maximum atomic E-state index is 13.4. The summed E-state index contributed by atoms with van der Waals surface area (Å²) in [5, 5.41) is 31.4. The summed E-state index contributed by atoms with van der Waals surface area (Å²) in [4.78, 5) is 52.0. The lowest BCUT2D eigenvalue weighted by molar-refractivity contribution is -0.209. The van der Waals surface area contributed by atoms with Gasteiger partial charge in [0.25, 0.3) is 0 Å². The Balaban J connectivity index is 0.00000707. The molecule has 0 radical (unpaired) electrons. The lowest BCUT2D eigenvalue weighted by Gasteiger charge is -2.35. The van der Waals surface area contributed by atoms with Gasteiger partial charge in [-0.1, -0.05) is 64.1 Å². The van der Waals surface area contributed by atoms with E-state index in [0.29, 0.717) is 32.1 Å². The monoisotopic (exact) mass is 689 g/mol. The van der Waals surface area contributed by atoms with E-state index in [4.69, 9.17) is 26.2 Å². The van der Waals surface area contributed by atoms with E-state index in [1.807, 2.05) is 33.8 Å². The van der Waals surface area contributed by atoms with Gasteiger partial charge in [-0.2, -0.15) is 0 Å². The normalized spacial score (nSPS) is 13.7. The summed E-state index contributed by atoms with van der Waals surface area (Å²) in [6.07, 6.45) is 9.88. The van der Waals surface area contributed by atoms with Gasteiger partial charge in [-0.15, -0.1) is 12.3 Å². The molecule has 0 aliphatic heterocycles. The molecule has 0 spiro atoms. The average Bonchev–Trinajstić information content (AvgIpc) is 3.00. The number of hydrogen-bond acceptors (Lipinski definition) is 9. The largest absolute Gasteiger partial charge is 0.508 e. The van der Waals surface area contributed by atoms with Gasteiger partial charge in [0, 0.05) is 26.2 Å². The number of phenols is 1. The van der Waals surface area contributed by atoms with Crippen LogP contribution in [0.1, 0.15) is 92.6 Å². The molecule has 12 heteroatoms. The average molecular weight is 690 g/mol. The number of terminal acetylenes is 1. The second-order valence-corrected chi connectivity index (χ2v) is 13.6. The van der Waals surface area contributed by atoms with E-state index < -0.39 is 29.5 Å². The van der Waals surface area contributed by atoms with Gasteiger partial charge in [-0.05, 0) is 74.0 Å². The number of allylic oxidation sites excluding steroid dienone is 1. The molecule has 5 N–H and O–H groups in total. The molecule has 0 saturated heterocycles. The van der Waals surface area contributed by atoms with Crippen molar-refractivity contribution in [2.24, 2.45) is 28.9 Å². The van der Waals surface area contributed by atoms with E-state index >= 15 is 0 Å². The van der Waals surface area contributed by atoms with E-state index in [1.165, 1.54) is 12.0 Å². The number of nitrogens with two attached hydrogens (primary N) is 1. The van der Waals surface area contributed by atoms with Crippen LogP contribution in [0.3, 0.4) is 0 Å². The number of hydroxylamine groups is 2. The molecule has 4 atom stereocenters. The number of nitrogens with one attached hydrogen (secondary N) is 1. The highest BCUT2D eigenvalue weighted by molar-refractivity contribution is 8.16. The molecule has 268 valence electrons. The molecule has 1 rings (SSSR count). The lowest BCUT2D eigenvalue weighted by Crippen LogP contribution is -2.47. The van der Waals surface area contributed by atoms with Gasteiger partial charge in [0.2, 0.25) is 12.3 Å². The molecule has 0 fully saturated rings. The van der Waals surface area contributed by atoms with Gasteiger partial charge in [-0.25, -0.2) is 5.06 Å². The molecule has 1 aromatic carbocycles. The molecule has 11 nitrogen and oxygen atoms in total. The van der Waals surface area contributed by atoms with E-state index in [-0.39, 0.29) is 53.9 Å². The smallest absolute Gasteiger partial charge is 0.309 e. The number of thioether (sulfide) groups is 1. The van der Waals surface area contributed by atoms with Crippen molar-refractivity contribution in [3.8, 4) is 18.1 Å². The number of carboxylic acids is 1. The molecule has 48 heavy (non-hydrogen) atoms. The van der Waals surface area contributed by atoms with Crippen molar-refractivity contribution in [1.29, 1.82) is 5.41 Å². The summed E-state index contributed by atoms with van der Waals surface area (Å²) < 4.78 is 5.60. The number of unbranched alkanes of at least 4 members (excludes halogenated alkanes) is 1. The van der Waals surface area contributed by atoms with Crippen molar-refractivity contribution in [3.63, 3.8) is 0 Å². The number of hydrogen-bond donors (Lipinski definition) is 4. The van der Waals surface area contributed by atoms with Crippen molar-refractivity contribution in [1.82, 2.24) is 5.06 Å².